The van der Waals surface area contributed by atoms with E-state index in [1.54, 1.807) is 0 Å². The minimum Gasteiger partial charge on any atom is -0.0622 e. The largest absolute Gasteiger partial charge is 0.0814 e. The predicted octanol–water partition coefficient (Wildman–Crippen LogP) is 5.70. The maximum absolute atomic E-state index is 2.23. The van der Waals surface area contributed by atoms with Gasteiger partial charge in [0.15, 0.2) is 0 Å². The van der Waals surface area contributed by atoms with E-state index >= 15 is 0 Å². The molecule has 0 spiro atoms. The Morgan fingerprint density at radius 2 is 0.350 bits per heavy atom. The minimum absolute atomic E-state index is 0. The molecule has 1 radical (unpaired) electrons. The van der Waals surface area contributed by atoms with Crippen LogP contribution in [0.3, 0.4) is 0 Å². The number of rotatable bonds is 6. The Morgan fingerprint density at radius 3 is 0.475 bits per heavy atom. The third-order valence-electron chi connectivity index (χ3n) is 6.09. The van der Waals surface area contributed by atoms with E-state index in [4.69, 9.17) is 0 Å². The van der Waals surface area contributed by atoms with Gasteiger partial charge in [-0.3, -0.25) is 0 Å². The summed E-state index contributed by atoms with van der Waals surface area (Å²) in [7, 11) is -0.892. The van der Waals surface area contributed by atoms with Gasteiger partial charge in [-0.25, -0.2) is 0 Å². The first kappa shape index (κ1) is 31.3. The van der Waals surface area contributed by atoms with Crippen molar-refractivity contribution in [3.8, 4) is 0 Å². The van der Waals surface area contributed by atoms with Gasteiger partial charge in [0.05, 0.1) is 8.41 Å². The van der Waals surface area contributed by atoms with Crippen LogP contribution in [0, 0.1) is 0 Å². The number of benzene rings is 6. The maximum Gasteiger partial charge on any atom is 0.0814 e. The number of hydrogen-bond acceptors (Lipinski definition) is 0. The van der Waals surface area contributed by atoms with E-state index in [1.807, 2.05) is 0 Å². The fourth-order valence-electron chi connectivity index (χ4n) is 4.36. The first-order chi connectivity index (χ1) is 18.9. The molecule has 0 aliphatic heterocycles. The van der Waals surface area contributed by atoms with Crippen LogP contribution in [0.4, 0.5) is 0 Å². The van der Waals surface area contributed by atoms with E-state index in [-0.39, 0.29) is 25.5 Å². The molecule has 0 bridgehead atoms. The molecule has 0 aromatic heterocycles. The molecule has 4 heteroatoms. The second-order valence-electron chi connectivity index (χ2n) is 8.68. The second-order valence-corrected chi connectivity index (χ2v) is 13.1. The van der Waals surface area contributed by atoms with Crippen molar-refractivity contribution in [1.29, 1.82) is 0 Å². The zero-order valence-corrected chi connectivity index (χ0v) is 24.2. The Balaban J connectivity index is 0.000000210. The molecule has 201 valence electrons. The van der Waals surface area contributed by atoms with Crippen molar-refractivity contribution >= 4 is 56.1 Å². The van der Waals surface area contributed by atoms with Crippen LogP contribution < -0.4 is 31.8 Å². The van der Waals surface area contributed by atoms with Crippen LogP contribution in [0.1, 0.15) is 0 Å². The third-order valence-corrected chi connectivity index (χ3v) is 11.0. The molecule has 0 fully saturated rings. The van der Waals surface area contributed by atoms with Gasteiger partial charge in [-0.1, -0.05) is 182 Å². The second kappa shape index (κ2) is 16.8. The predicted molar refractivity (Wildman–Crippen MR) is 180 cm³/mol. The van der Waals surface area contributed by atoms with E-state index in [9.17, 15) is 0 Å². The van der Waals surface area contributed by atoms with Gasteiger partial charge >= 0.3 is 0 Å². The number of hydrogen-bond donors (Lipinski definition) is 0. The molecule has 0 aliphatic rings. The summed E-state index contributed by atoms with van der Waals surface area (Å²) in [4.78, 5) is 0. The zero-order chi connectivity index (χ0) is 25.8. The van der Waals surface area contributed by atoms with E-state index in [1.165, 1.54) is 31.8 Å². The van der Waals surface area contributed by atoms with E-state index in [2.05, 4.69) is 182 Å². The molecule has 6 aromatic rings. The topological polar surface area (TPSA) is 0 Å². The van der Waals surface area contributed by atoms with E-state index in [0.29, 0.717) is 0 Å². The van der Waals surface area contributed by atoms with Crippen LogP contribution in [0.15, 0.2) is 182 Å². The fraction of sp³-hybridized carbons (Fsp3) is 0. The van der Waals surface area contributed by atoms with Gasteiger partial charge in [0.25, 0.3) is 0 Å². The van der Waals surface area contributed by atoms with Crippen LogP contribution in [-0.2, 0) is 17.1 Å². The molecule has 0 aliphatic carbocycles. The normalized spacial score (nSPS) is 10.1. The van der Waals surface area contributed by atoms with Crippen LogP contribution in [-0.4, -0.2) is 8.41 Å². The molecule has 0 heterocycles. The Kier molecular flexibility index (Phi) is 13.1. The minimum atomic E-state index is -0.446. The Morgan fingerprint density at radius 1 is 0.225 bits per heavy atom. The average Bonchev–Trinajstić information content (AvgIpc) is 3.01. The summed E-state index contributed by atoms with van der Waals surface area (Å²) in [6, 6.07) is 64.7. The quantitative estimate of drug-likeness (QED) is 0.170. The van der Waals surface area contributed by atoms with Gasteiger partial charge in [0.2, 0.25) is 0 Å². The van der Waals surface area contributed by atoms with Crippen LogP contribution in [0.5, 0.6) is 0 Å². The molecular formula is C36H33BCuP2. The van der Waals surface area contributed by atoms with Crippen molar-refractivity contribution in [3.05, 3.63) is 182 Å². The molecule has 0 unspecified atom stereocenters. The van der Waals surface area contributed by atoms with Gasteiger partial charge in [0.1, 0.15) is 0 Å². The van der Waals surface area contributed by atoms with Gasteiger partial charge in [-0.05, 0) is 47.7 Å². The standard InChI is InChI=1S/2C18H15P.BH3.Cu/c2*1-4-10-16(11-5-1)19(17-12-6-2-7-13-17)18-14-8-3-9-15-18;;/h2*1-15H;1H3;. The molecule has 0 nitrogen and oxygen atoms in total. The summed E-state index contributed by atoms with van der Waals surface area (Å²) in [6.07, 6.45) is 0. The van der Waals surface area contributed by atoms with Crippen LogP contribution in [0.2, 0.25) is 0 Å². The van der Waals surface area contributed by atoms with Gasteiger partial charge in [-0.15, -0.1) is 0 Å². The van der Waals surface area contributed by atoms with E-state index in [0.717, 1.165) is 0 Å². The first-order valence-electron chi connectivity index (χ1n) is 12.8. The summed E-state index contributed by atoms with van der Waals surface area (Å²) < 4.78 is 0. The molecule has 0 N–H and O–H groups in total. The van der Waals surface area contributed by atoms with Crippen molar-refractivity contribution in [2.24, 2.45) is 0 Å². The van der Waals surface area contributed by atoms with Crippen molar-refractivity contribution < 1.29 is 17.1 Å². The first-order valence-corrected chi connectivity index (χ1v) is 15.5. The fourth-order valence-corrected chi connectivity index (χ4v) is 8.97. The molecule has 0 atom stereocenters. The monoisotopic (exact) mass is 601 g/mol. The molecule has 6 aromatic carbocycles. The van der Waals surface area contributed by atoms with Crippen LogP contribution >= 0.6 is 15.8 Å². The van der Waals surface area contributed by atoms with Crippen LogP contribution in [0.25, 0.3) is 0 Å². The summed E-state index contributed by atoms with van der Waals surface area (Å²) in [6.45, 7) is 0. The van der Waals surface area contributed by atoms with Gasteiger partial charge in [0, 0.05) is 17.1 Å². The molecular weight excluding hydrogens is 569 g/mol. The van der Waals surface area contributed by atoms with Crippen molar-refractivity contribution in [2.75, 3.05) is 0 Å². The van der Waals surface area contributed by atoms with Gasteiger partial charge < -0.3 is 0 Å². The molecule has 6 rings (SSSR count). The molecule has 40 heavy (non-hydrogen) atoms. The average molecular weight is 602 g/mol. The summed E-state index contributed by atoms with van der Waals surface area (Å²) >= 11 is 0. The van der Waals surface area contributed by atoms with Crippen molar-refractivity contribution in [2.45, 2.75) is 0 Å². The Bertz CT molecular complexity index is 1180. The molecule has 0 amide bonds. The summed E-state index contributed by atoms with van der Waals surface area (Å²) in [5.74, 6) is 0. The SMILES string of the molecule is B.[Cu].c1ccc(P(c2ccccc2)c2ccccc2)cc1.c1ccc(P(c2ccccc2)c2ccccc2)cc1. The Labute approximate surface area is 254 Å². The summed E-state index contributed by atoms with van der Waals surface area (Å²) in [5, 5.41) is 8.39. The smallest absolute Gasteiger partial charge is 0.0622 e. The summed E-state index contributed by atoms with van der Waals surface area (Å²) in [5.41, 5.74) is 0. The van der Waals surface area contributed by atoms with Crippen molar-refractivity contribution in [1.82, 2.24) is 0 Å². The van der Waals surface area contributed by atoms with Gasteiger partial charge in [-0.2, -0.15) is 0 Å². The van der Waals surface area contributed by atoms with Crippen molar-refractivity contribution in [3.63, 3.8) is 0 Å². The molecule has 0 saturated heterocycles. The van der Waals surface area contributed by atoms with E-state index < -0.39 is 15.8 Å². The maximum atomic E-state index is 2.23. The Hall–Kier alpha value is -3.24. The zero-order valence-electron chi connectivity index (χ0n) is 21.5. The third kappa shape index (κ3) is 8.38. The molecule has 0 saturated carbocycles.